The second kappa shape index (κ2) is 8.80. The maximum absolute atomic E-state index is 11.7. The SMILES string of the molecule is CCC(C)NC(=O)CCNc1ccc(N2CCC(C)CC2)cc1. The van der Waals surface area contributed by atoms with Gasteiger partial charge in [-0.15, -0.1) is 0 Å². The van der Waals surface area contributed by atoms with Crippen LogP contribution in [0.5, 0.6) is 0 Å². The molecule has 0 aromatic heterocycles. The summed E-state index contributed by atoms with van der Waals surface area (Å²) in [6.07, 6.45) is 4.04. The Hall–Kier alpha value is -1.71. The summed E-state index contributed by atoms with van der Waals surface area (Å²) >= 11 is 0. The van der Waals surface area contributed by atoms with Crippen LogP contribution >= 0.6 is 0 Å². The van der Waals surface area contributed by atoms with Gasteiger partial charge in [0.15, 0.2) is 0 Å². The van der Waals surface area contributed by atoms with E-state index in [0.717, 1.165) is 31.1 Å². The average Bonchev–Trinajstić information content (AvgIpc) is 2.56. The molecule has 2 N–H and O–H groups in total. The Balaban J connectivity index is 1.74. The summed E-state index contributed by atoms with van der Waals surface area (Å²) < 4.78 is 0. The predicted molar refractivity (Wildman–Crippen MR) is 98.1 cm³/mol. The van der Waals surface area contributed by atoms with Gasteiger partial charge in [0.1, 0.15) is 0 Å². The first-order valence-corrected chi connectivity index (χ1v) is 8.96. The largest absolute Gasteiger partial charge is 0.385 e. The van der Waals surface area contributed by atoms with Crippen LogP contribution in [0.25, 0.3) is 0 Å². The molecule has 0 radical (unpaired) electrons. The topological polar surface area (TPSA) is 44.4 Å². The normalized spacial score (nSPS) is 16.9. The van der Waals surface area contributed by atoms with E-state index in [9.17, 15) is 4.79 Å². The number of carbonyl (C=O) groups is 1. The minimum Gasteiger partial charge on any atom is -0.385 e. The molecule has 1 fully saturated rings. The van der Waals surface area contributed by atoms with E-state index in [4.69, 9.17) is 0 Å². The maximum Gasteiger partial charge on any atom is 0.221 e. The molecule has 1 atom stereocenters. The number of amides is 1. The summed E-state index contributed by atoms with van der Waals surface area (Å²) in [6, 6.07) is 8.84. The highest BCUT2D eigenvalue weighted by Gasteiger charge is 2.15. The molecule has 4 nitrogen and oxygen atoms in total. The van der Waals surface area contributed by atoms with Gasteiger partial charge in [-0.05, 0) is 56.4 Å². The maximum atomic E-state index is 11.7. The second-order valence-electron chi connectivity index (χ2n) is 6.77. The van der Waals surface area contributed by atoms with E-state index in [-0.39, 0.29) is 11.9 Å². The molecule has 1 amide bonds. The van der Waals surface area contributed by atoms with Crippen molar-refractivity contribution in [3.05, 3.63) is 24.3 Å². The molecule has 1 unspecified atom stereocenters. The second-order valence-corrected chi connectivity index (χ2v) is 6.77. The molecular formula is C19H31N3O. The molecule has 4 heteroatoms. The van der Waals surface area contributed by atoms with Gasteiger partial charge in [-0.2, -0.15) is 0 Å². The quantitative estimate of drug-likeness (QED) is 0.807. The van der Waals surface area contributed by atoms with Gasteiger partial charge in [-0.25, -0.2) is 0 Å². The first-order chi connectivity index (χ1) is 11.1. The lowest BCUT2D eigenvalue weighted by molar-refractivity contribution is -0.121. The van der Waals surface area contributed by atoms with Crippen molar-refractivity contribution in [1.82, 2.24) is 5.32 Å². The number of nitrogens with zero attached hydrogens (tertiary/aromatic N) is 1. The van der Waals surface area contributed by atoms with Crippen molar-refractivity contribution in [2.75, 3.05) is 29.9 Å². The third kappa shape index (κ3) is 5.77. The van der Waals surface area contributed by atoms with E-state index in [0.29, 0.717) is 13.0 Å². The molecule has 23 heavy (non-hydrogen) atoms. The van der Waals surface area contributed by atoms with E-state index in [1.165, 1.54) is 18.5 Å². The van der Waals surface area contributed by atoms with Crippen molar-refractivity contribution in [2.24, 2.45) is 5.92 Å². The Bertz CT molecular complexity index is 478. The van der Waals surface area contributed by atoms with E-state index >= 15 is 0 Å². The summed E-state index contributed by atoms with van der Waals surface area (Å²) in [7, 11) is 0. The molecule has 1 aliphatic heterocycles. The fraction of sp³-hybridized carbons (Fsp3) is 0.632. The molecule has 0 aliphatic carbocycles. The highest BCUT2D eigenvalue weighted by atomic mass is 16.1. The zero-order valence-electron chi connectivity index (χ0n) is 14.8. The number of anilines is 2. The Morgan fingerprint density at radius 1 is 1.26 bits per heavy atom. The number of benzene rings is 1. The molecule has 0 saturated carbocycles. The van der Waals surface area contributed by atoms with Crippen molar-refractivity contribution in [3.63, 3.8) is 0 Å². The van der Waals surface area contributed by atoms with Crippen molar-refractivity contribution in [1.29, 1.82) is 0 Å². The van der Waals surface area contributed by atoms with Crippen LogP contribution in [0.1, 0.15) is 46.5 Å². The highest BCUT2D eigenvalue weighted by Crippen LogP contribution is 2.24. The minimum absolute atomic E-state index is 0.117. The third-order valence-corrected chi connectivity index (χ3v) is 4.72. The van der Waals surface area contributed by atoms with Crippen LogP contribution in [0.3, 0.4) is 0 Å². The Morgan fingerprint density at radius 2 is 1.91 bits per heavy atom. The number of hydrogen-bond donors (Lipinski definition) is 2. The van der Waals surface area contributed by atoms with Crippen LogP contribution < -0.4 is 15.5 Å². The van der Waals surface area contributed by atoms with Gasteiger partial charge >= 0.3 is 0 Å². The average molecular weight is 317 g/mol. The molecule has 0 spiro atoms. The molecule has 0 bridgehead atoms. The zero-order valence-corrected chi connectivity index (χ0v) is 14.8. The van der Waals surface area contributed by atoms with E-state index < -0.39 is 0 Å². The van der Waals surface area contributed by atoms with Gasteiger partial charge in [0.2, 0.25) is 5.91 Å². The minimum atomic E-state index is 0.117. The number of hydrogen-bond acceptors (Lipinski definition) is 3. The highest BCUT2D eigenvalue weighted by molar-refractivity contribution is 5.76. The van der Waals surface area contributed by atoms with Gasteiger partial charge in [0.05, 0.1) is 0 Å². The van der Waals surface area contributed by atoms with Crippen LogP contribution in [0.2, 0.25) is 0 Å². The van der Waals surface area contributed by atoms with Crippen molar-refractivity contribution in [3.8, 4) is 0 Å². The van der Waals surface area contributed by atoms with Crippen molar-refractivity contribution < 1.29 is 4.79 Å². The number of piperidine rings is 1. The van der Waals surface area contributed by atoms with E-state index in [2.05, 4.69) is 53.6 Å². The third-order valence-electron chi connectivity index (χ3n) is 4.72. The lowest BCUT2D eigenvalue weighted by Crippen LogP contribution is -2.33. The van der Waals surface area contributed by atoms with Gasteiger partial charge in [0, 0.05) is 43.5 Å². The molecule has 1 saturated heterocycles. The lowest BCUT2D eigenvalue weighted by Gasteiger charge is -2.32. The summed E-state index contributed by atoms with van der Waals surface area (Å²) in [5.41, 5.74) is 2.38. The monoisotopic (exact) mass is 317 g/mol. The van der Waals surface area contributed by atoms with Gasteiger partial charge in [-0.3, -0.25) is 4.79 Å². The first kappa shape index (κ1) is 17.6. The van der Waals surface area contributed by atoms with E-state index in [1.54, 1.807) is 0 Å². The van der Waals surface area contributed by atoms with Crippen LogP contribution in [0, 0.1) is 5.92 Å². The molecule has 1 heterocycles. The molecule has 1 aromatic carbocycles. The molecule has 128 valence electrons. The Kier molecular flexibility index (Phi) is 6.75. The molecule has 1 aliphatic rings. The van der Waals surface area contributed by atoms with Crippen LogP contribution in [-0.4, -0.2) is 31.6 Å². The molecule has 2 rings (SSSR count). The van der Waals surface area contributed by atoms with Gasteiger partial charge < -0.3 is 15.5 Å². The smallest absolute Gasteiger partial charge is 0.221 e. The summed E-state index contributed by atoms with van der Waals surface area (Å²) in [5, 5.41) is 6.31. The zero-order chi connectivity index (χ0) is 16.7. The summed E-state index contributed by atoms with van der Waals surface area (Å²) in [6.45, 7) is 9.43. The molecular weight excluding hydrogens is 286 g/mol. The van der Waals surface area contributed by atoms with Crippen LogP contribution in [0.15, 0.2) is 24.3 Å². The standard InChI is InChI=1S/C19H31N3O/c1-4-16(3)21-19(23)9-12-20-17-5-7-18(8-6-17)22-13-10-15(2)11-14-22/h5-8,15-16,20H,4,9-14H2,1-3H3,(H,21,23). The van der Waals surface area contributed by atoms with Gasteiger partial charge in [0.25, 0.3) is 0 Å². The van der Waals surface area contributed by atoms with Crippen LogP contribution in [0.4, 0.5) is 11.4 Å². The van der Waals surface area contributed by atoms with E-state index in [1.807, 2.05) is 6.92 Å². The van der Waals surface area contributed by atoms with Crippen LogP contribution in [-0.2, 0) is 4.79 Å². The number of rotatable bonds is 7. The fourth-order valence-corrected chi connectivity index (χ4v) is 2.83. The molecule has 1 aromatic rings. The fourth-order valence-electron chi connectivity index (χ4n) is 2.83. The first-order valence-electron chi connectivity index (χ1n) is 8.96. The van der Waals surface area contributed by atoms with Crippen molar-refractivity contribution >= 4 is 17.3 Å². The summed E-state index contributed by atoms with van der Waals surface area (Å²) in [4.78, 5) is 14.2. The lowest BCUT2D eigenvalue weighted by atomic mass is 9.99. The Morgan fingerprint density at radius 3 is 2.52 bits per heavy atom. The van der Waals surface area contributed by atoms with Crippen molar-refractivity contribution in [2.45, 2.75) is 52.5 Å². The Labute approximate surface area is 140 Å². The number of carbonyl (C=O) groups excluding carboxylic acids is 1. The predicted octanol–water partition coefficient (Wildman–Crippen LogP) is 3.64. The summed E-state index contributed by atoms with van der Waals surface area (Å²) in [5.74, 6) is 0.972. The number of nitrogens with one attached hydrogen (secondary N) is 2. The van der Waals surface area contributed by atoms with Gasteiger partial charge in [-0.1, -0.05) is 13.8 Å².